The molecular weight excluding hydrogens is 443 g/mol. The van der Waals surface area contributed by atoms with E-state index in [0.29, 0.717) is 26.2 Å². The number of benzene rings is 2. The molecule has 5 rings (SSSR count). The van der Waals surface area contributed by atoms with Crippen LogP contribution in [0.3, 0.4) is 0 Å². The highest BCUT2D eigenvalue weighted by Gasteiger charge is 2.27. The maximum Gasteiger partial charge on any atom is 0.256 e. The van der Waals surface area contributed by atoms with Gasteiger partial charge in [0.05, 0.1) is 22.8 Å². The van der Waals surface area contributed by atoms with E-state index in [-0.39, 0.29) is 17.4 Å². The van der Waals surface area contributed by atoms with Crippen molar-refractivity contribution in [2.24, 2.45) is 0 Å². The van der Waals surface area contributed by atoms with Crippen molar-refractivity contribution in [2.45, 2.75) is 32.6 Å². The van der Waals surface area contributed by atoms with Gasteiger partial charge >= 0.3 is 0 Å². The number of hydrogen-bond donors (Lipinski definition) is 0. The Kier molecular flexibility index (Phi) is 6.44. The van der Waals surface area contributed by atoms with Gasteiger partial charge in [-0.3, -0.25) is 4.79 Å². The molecule has 1 aliphatic heterocycles. The molecule has 0 radical (unpaired) electrons. The Hall–Kier alpha value is -3.81. The fourth-order valence-corrected chi connectivity index (χ4v) is 4.62. The summed E-state index contributed by atoms with van der Waals surface area (Å²) in [7, 11) is 0. The van der Waals surface area contributed by atoms with Crippen LogP contribution in [-0.4, -0.2) is 56.7 Å². The second-order valence-corrected chi connectivity index (χ2v) is 8.98. The van der Waals surface area contributed by atoms with Crippen molar-refractivity contribution in [1.29, 1.82) is 0 Å². The van der Waals surface area contributed by atoms with Gasteiger partial charge in [0.15, 0.2) is 5.65 Å². The van der Waals surface area contributed by atoms with Crippen LogP contribution in [0.25, 0.3) is 16.7 Å². The van der Waals surface area contributed by atoms with Crippen molar-refractivity contribution < 1.29 is 9.18 Å². The predicted octanol–water partition coefficient (Wildman–Crippen LogP) is 4.82. The van der Waals surface area contributed by atoms with E-state index >= 15 is 0 Å². The molecule has 3 heterocycles. The van der Waals surface area contributed by atoms with E-state index in [1.54, 1.807) is 17.0 Å². The first kappa shape index (κ1) is 23.0. The van der Waals surface area contributed by atoms with E-state index < -0.39 is 5.82 Å². The highest BCUT2D eigenvalue weighted by Crippen LogP contribution is 2.30. The lowest BCUT2D eigenvalue weighted by molar-refractivity contribution is 0.0742. The number of nitrogens with zero attached hydrogens (tertiary/aromatic N) is 6. The zero-order valence-corrected chi connectivity index (χ0v) is 20.1. The maximum absolute atomic E-state index is 14.2. The van der Waals surface area contributed by atoms with Gasteiger partial charge in [-0.2, -0.15) is 5.10 Å². The first-order chi connectivity index (χ1) is 17.1. The molecule has 0 spiro atoms. The van der Waals surface area contributed by atoms with Crippen LogP contribution in [0.2, 0.25) is 0 Å². The van der Waals surface area contributed by atoms with E-state index in [1.165, 1.54) is 12.1 Å². The molecule has 1 fully saturated rings. The monoisotopic (exact) mass is 472 g/mol. The summed E-state index contributed by atoms with van der Waals surface area (Å²) in [5, 5.41) is 5.53. The molecule has 1 unspecified atom stereocenters. The lowest BCUT2D eigenvalue weighted by atomic mass is 10.1. The van der Waals surface area contributed by atoms with Crippen molar-refractivity contribution in [1.82, 2.24) is 24.6 Å². The van der Waals surface area contributed by atoms with Gasteiger partial charge in [0.1, 0.15) is 17.5 Å². The zero-order chi connectivity index (χ0) is 24.4. The largest absolute Gasteiger partial charge is 0.352 e. The van der Waals surface area contributed by atoms with E-state index in [9.17, 15) is 9.18 Å². The lowest BCUT2D eigenvalue weighted by Gasteiger charge is -2.36. The quantitative estimate of drug-likeness (QED) is 0.403. The van der Waals surface area contributed by atoms with Crippen molar-refractivity contribution in [3.05, 3.63) is 78.0 Å². The predicted molar refractivity (Wildman–Crippen MR) is 134 cm³/mol. The molecule has 1 amide bonds. The molecular formula is C27H29FN6O. The number of aromatic nitrogens is 4. The highest BCUT2D eigenvalue weighted by molar-refractivity contribution is 5.95. The number of amides is 1. The number of piperazine rings is 1. The average molecular weight is 473 g/mol. The van der Waals surface area contributed by atoms with E-state index in [1.807, 2.05) is 41.2 Å². The first-order valence-electron chi connectivity index (χ1n) is 12.2. The molecule has 0 saturated carbocycles. The summed E-state index contributed by atoms with van der Waals surface area (Å²) in [6.45, 7) is 6.50. The highest BCUT2D eigenvalue weighted by atomic mass is 19.1. The van der Waals surface area contributed by atoms with E-state index in [2.05, 4.69) is 23.8 Å². The van der Waals surface area contributed by atoms with Crippen LogP contribution < -0.4 is 4.90 Å². The molecule has 0 aliphatic carbocycles. The number of carbonyl (C=O) groups excluding carboxylic acids is 1. The minimum absolute atomic E-state index is 0.116. The van der Waals surface area contributed by atoms with E-state index in [0.717, 1.165) is 41.2 Å². The van der Waals surface area contributed by atoms with Crippen molar-refractivity contribution in [3.63, 3.8) is 0 Å². The summed E-state index contributed by atoms with van der Waals surface area (Å²) in [5.74, 6) is 1.10. The van der Waals surface area contributed by atoms with Crippen LogP contribution in [-0.2, 0) is 0 Å². The summed E-state index contributed by atoms with van der Waals surface area (Å²) in [6.07, 6.45) is 3.87. The van der Waals surface area contributed by atoms with Gasteiger partial charge in [-0.15, -0.1) is 0 Å². The van der Waals surface area contributed by atoms with Crippen LogP contribution >= 0.6 is 0 Å². The van der Waals surface area contributed by atoms with Gasteiger partial charge in [-0.25, -0.2) is 19.0 Å². The number of halogens is 1. The lowest BCUT2D eigenvalue weighted by Crippen LogP contribution is -2.49. The molecule has 1 atom stereocenters. The molecule has 0 N–H and O–H groups in total. The van der Waals surface area contributed by atoms with Gasteiger partial charge in [0, 0.05) is 32.1 Å². The first-order valence-corrected chi connectivity index (χ1v) is 12.2. The summed E-state index contributed by atoms with van der Waals surface area (Å²) < 4.78 is 16.0. The third kappa shape index (κ3) is 4.48. The standard InChI is InChI=1S/C27H29FN6O/c1-3-9-19(2)24-30-25(22-18-29-34(26(22)31-24)20-10-5-4-6-11-20)32-14-16-33(17-15-32)27(35)21-12-7-8-13-23(21)28/h4-8,10-13,18-19H,3,9,14-17H2,1-2H3. The fraction of sp³-hybridized carbons (Fsp3) is 0.333. The van der Waals surface area contributed by atoms with Crippen molar-refractivity contribution in [2.75, 3.05) is 31.1 Å². The molecule has 1 aliphatic rings. The number of rotatable bonds is 6. The van der Waals surface area contributed by atoms with Crippen LogP contribution in [0.4, 0.5) is 10.2 Å². The molecule has 180 valence electrons. The number of hydrogen-bond acceptors (Lipinski definition) is 5. The number of fused-ring (bicyclic) bond motifs is 1. The van der Waals surface area contributed by atoms with Crippen LogP contribution in [0, 0.1) is 5.82 Å². The fourth-order valence-electron chi connectivity index (χ4n) is 4.62. The van der Waals surface area contributed by atoms with Crippen molar-refractivity contribution >= 4 is 22.8 Å². The third-order valence-corrected chi connectivity index (χ3v) is 6.56. The molecule has 2 aromatic heterocycles. The topological polar surface area (TPSA) is 67.2 Å². The average Bonchev–Trinajstić information content (AvgIpc) is 3.33. The van der Waals surface area contributed by atoms with Crippen LogP contribution in [0.5, 0.6) is 0 Å². The molecule has 1 saturated heterocycles. The van der Waals surface area contributed by atoms with Gasteiger partial charge in [-0.05, 0) is 30.7 Å². The van der Waals surface area contributed by atoms with Crippen LogP contribution in [0.1, 0.15) is 48.8 Å². The third-order valence-electron chi connectivity index (χ3n) is 6.56. The van der Waals surface area contributed by atoms with Crippen molar-refractivity contribution in [3.8, 4) is 5.69 Å². The molecule has 35 heavy (non-hydrogen) atoms. The van der Waals surface area contributed by atoms with Crippen LogP contribution in [0.15, 0.2) is 60.8 Å². The minimum Gasteiger partial charge on any atom is -0.352 e. The number of anilines is 1. The van der Waals surface area contributed by atoms with Gasteiger partial charge in [0.25, 0.3) is 5.91 Å². The summed E-state index contributed by atoms with van der Waals surface area (Å²) >= 11 is 0. The Balaban J connectivity index is 1.46. The normalized spacial score (nSPS) is 14.9. The Morgan fingerprint density at radius 1 is 1.00 bits per heavy atom. The summed E-state index contributed by atoms with van der Waals surface area (Å²) in [6, 6.07) is 16.1. The zero-order valence-electron chi connectivity index (χ0n) is 20.1. The molecule has 7 nitrogen and oxygen atoms in total. The molecule has 4 aromatic rings. The molecule has 2 aromatic carbocycles. The Labute approximate surface area is 204 Å². The molecule has 0 bridgehead atoms. The van der Waals surface area contributed by atoms with E-state index in [4.69, 9.17) is 9.97 Å². The Morgan fingerprint density at radius 3 is 2.43 bits per heavy atom. The number of carbonyl (C=O) groups is 1. The van der Waals surface area contributed by atoms with Gasteiger partial charge < -0.3 is 9.80 Å². The Bertz CT molecular complexity index is 1330. The van der Waals surface area contributed by atoms with Gasteiger partial charge in [0.2, 0.25) is 0 Å². The number of para-hydroxylation sites is 1. The maximum atomic E-state index is 14.2. The second-order valence-electron chi connectivity index (χ2n) is 8.98. The minimum atomic E-state index is -0.486. The summed E-state index contributed by atoms with van der Waals surface area (Å²) in [4.78, 5) is 26.7. The second kappa shape index (κ2) is 9.82. The smallest absolute Gasteiger partial charge is 0.256 e. The van der Waals surface area contributed by atoms with Gasteiger partial charge in [-0.1, -0.05) is 50.6 Å². The SMILES string of the molecule is CCCC(C)c1nc(N2CCN(C(=O)c3ccccc3F)CC2)c2cnn(-c3ccccc3)c2n1. The summed E-state index contributed by atoms with van der Waals surface area (Å²) in [5.41, 5.74) is 1.84. The molecule has 8 heteroatoms. The Morgan fingerprint density at radius 2 is 1.71 bits per heavy atom.